The van der Waals surface area contributed by atoms with Crippen molar-refractivity contribution in [1.82, 2.24) is 10.2 Å². The van der Waals surface area contributed by atoms with E-state index >= 15 is 0 Å². The Morgan fingerprint density at radius 2 is 1.95 bits per heavy atom. The van der Waals surface area contributed by atoms with Crippen LogP contribution in [0.3, 0.4) is 0 Å². The van der Waals surface area contributed by atoms with Gasteiger partial charge in [-0.3, -0.25) is 9.59 Å². The van der Waals surface area contributed by atoms with Crippen LogP contribution in [-0.4, -0.2) is 42.4 Å². The van der Waals surface area contributed by atoms with E-state index in [1.807, 2.05) is 4.90 Å². The highest BCUT2D eigenvalue weighted by Crippen LogP contribution is 2.27. The summed E-state index contributed by atoms with van der Waals surface area (Å²) in [5.74, 6) is 0.516. The number of nitrogens with zero attached hydrogens (tertiary/aromatic N) is 1. The molecule has 0 radical (unpaired) electrons. The van der Waals surface area contributed by atoms with E-state index in [4.69, 9.17) is 5.73 Å². The summed E-state index contributed by atoms with van der Waals surface area (Å²) in [5.41, 5.74) is 6.01. The van der Waals surface area contributed by atoms with Gasteiger partial charge < -0.3 is 16.0 Å². The first kappa shape index (κ1) is 14.3. The SMILES string of the molecule is CC1CCC(C(=O)NCC(=O)N2CCCC2)CC1N. The van der Waals surface area contributed by atoms with Crippen molar-refractivity contribution < 1.29 is 9.59 Å². The third-order valence-electron chi connectivity index (χ3n) is 4.50. The normalized spacial score (nSPS) is 31.3. The van der Waals surface area contributed by atoms with Crippen molar-refractivity contribution in [2.75, 3.05) is 19.6 Å². The molecule has 5 nitrogen and oxygen atoms in total. The number of likely N-dealkylation sites (tertiary alicyclic amines) is 1. The molecule has 0 aromatic heterocycles. The number of nitrogens with two attached hydrogens (primary N) is 1. The highest BCUT2D eigenvalue weighted by atomic mass is 16.2. The van der Waals surface area contributed by atoms with Crippen LogP contribution >= 0.6 is 0 Å². The molecular weight excluding hydrogens is 242 g/mol. The van der Waals surface area contributed by atoms with Gasteiger partial charge in [0.05, 0.1) is 6.54 Å². The number of hydrogen-bond acceptors (Lipinski definition) is 3. The number of nitrogens with one attached hydrogen (secondary N) is 1. The van der Waals surface area contributed by atoms with Crippen LogP contribution < -0.4 is 11.1 Å². The highest BCUT2D eigenvalue weighted by molar-refractivity contribution is 5.86. The number of carbonyl (C=O) groups excluding carboxylic acids is 2. The minimum absolute atomic E-state index is 0.00473. The summed E-state index contributed by atoms with van der Waals surface area (Å²) in [6.07, 6.45) is 4.78. The van der Waals surface area contributed by atoms with Gasteiger partial charge in [0.1, 0.15) is 0 Å². The molecule has 0 aromatic rings. The Labute approximate surface area is 114 Å². The molecule has 3 N–H and O–H groups in total. The van der Waals surface area contributed by atoms with Gasteiger partial charge in [0.15, 0.2) is 0 Å². The van der Waals surface area contributed by atoms with E-state index in [9.17, 15) is 9.59 Å². The number of amides is 2. The molecule has 1 saturated carbocycles. The summed E-state index contributed by atoms with van der Waals surface area (Å²) in [5, 5.41) is 2.78. The zero-order valence-electron chi connectivity index (χ0n) is 11.7. The molecule has 2 rings (SSSR count). The van der Waals surface area contributed by atoms with Crippen molar-refractivity contribution in [3.05, 3.63) is 0 Å². The monoisotopic (exact) mass is 267 g/mol. The van der Waals surface area contributed by atoms with Gasteiger partial charge in [-0.15, -0.1) is 0 Å². The van der Waals surface area contributed by atoms with Crippen LogP contribution in [0.2, 0.25) is 0 Å². The average molecular weight is 267 g/mol. The largest absolute Gasteiger partial charge is 0.347 e. The third-order valence-corrected chi connectivity index (χ3v) is 4.50. The lowest BCUT2D eigenvalue weighted by molar-refractivity contribution is -0.133. The average Bonchev–Trinajstić information content (AvgIpc) is 2.92. The fraction of sp³-hybridized carbons (Fsp3) is 0.857. The fourth-order valence-electron chi connectivity index (χ4n) is 2.98. The van der Waals surface area contributed by atoms with Crippen molar-refractivity contribution in [2.45, 2.75) is 45.1 Å². The lowest BCUT2D eigenvalue weighted by Crippen LogP contribution is -2.44. The minimum atomic E-state index is -0.0161. The second-order valence-electron chi connectivity index (χ2n) is 5.96. The second kappa shape index (κ2) is 6.37. The van der Waals surface area contributed by atoms with Crippen LogP contribution in [0.15, 0.2) is 0 Å². The Bertz CT molecular complexity index is 340. The van der Waals surface area contributed by atoms with Crippen molar-refractivity contribution in [2.24, 2.45) is 17.6 Å². The quantitative estimate of drug-likeness (QED) is 0.781. The molecular formula is C14H25N3O2. The Hall–Kier alpha value is -1.10. The molecule has 1 aliphatic heterocycles. The standard InChI is InChI=1S/C14H25N3O2/c1-10-4-5-11(8-12(10)15)14(19)16-9-13(18)17-6-2-3-7-17/h10-12H,2-9,15H2,1H3,(H,16,19). The number of hydrogen-bond donors (Lipinski definition) is 2. The molecule has 1 heterocycles. The van der Waals surface area contributed by atoms with E-state index in [2.05, 4.69) is 12.2 Å². The van der Waals surface area contributed by atoms with Crippen molar-refractivity contribution in [3.8, 4) is 0 Å². The maximum atomic E-state index is 12.0. The van der Waals surface area contributed by atoms with Gasteiger partial charge in [0, 0.05) is 25.0 Å². The lowest BCUT2D eigenvalue weighted by Gasteiger charge is -2.31. The topological polar surface area (TPSA) is 75.4 Å². The van der Waals surface area contributed by atoms with Crippen molar-refractivity contribution in [1.29, 1.82) is 0 Å². The molecule has 0 aromatic carbocycles. The molecule has 2 amide bonds. The molecule has 3 unspecified atom stereocenters. The van der Waals surface area contributed by atoms with Crippen LogP contribution in [0.1, 0.15) is 39.0 Å². The lowest BCUT2D eigenvalue weighted by atomic mass is 9.79. The van der Waals surface area contributed by atoms with Crippen LogP contribution in [0, 0.1) is 11.8 Å². The Balaban J connectivity index is 1.73. The van der Waals surface area contributed by atoms with E-state index in [1.165, 1.54) is 0 Å². The summed E-state index contributed by atoms with van der Waals surface area (Å²) in [7, 11) is 0. The summed E-state index contributed by atoms with van der Waals surface area (Å²) < 4.78 is 0. The highest BCUT2D eigenvalue weighted by Gasteiger charge is 2.30. The Morgan fingerprint density at radius 3 is 2.58 bits per heavy atom. The molecule has 108 valence electrons. The first-order chi connectivity index (χ1) is 9.08. The first-order valence-electron chi connectivity index (χ1n) is 7.39. The summed E-state index contributed by atoms with van der Waals surface area (Å²) in [6, 6.07) is 0.110. The van der Waals surface area contributed by atoms with Gasteiger partial charge >= 0.3 is 0 Å². The van der Waals surface area contributed by atoms with Gasteiger partial charge in [0.25, 0.3) is 0 Å². The van der Waals surface area contributed by atoms with Crippen molar-refractivity contribution >= 4 is 11.8 Å². The molecule has 1 saturated heterocycles. The molecule has 2 fully saturated rings. The maximum Gasteiger partial charge on any atom is 0.241 e. The summed E-state index contributed by atoms with van der Waals surface area (Å²) in [6.45, 7) is 3.94. The Kier molecular flexibility index (Phi) is 4.80. The molecule has 2 aliphatic rings. The second-order valence-corrected chi connectivity index (χ2v) is 5.96. The van der Waals surface area contributed by atoms with E-state index in [0.717, 1.165) is 45.2 Å². The van der Waals surface area contributed by atoms with E-state index in [-0.39, 0.29) is 30.3 Å². The smallest absolute Gasteiger partial charge is 0.241 e. The first-order valence-corrected chi connectivity index (χ1v) is 7.39. The molecule has 5 heteroatoms. The Morgan fingerprint density at radius 1 is 1.26 bits per heavy atom. The van der Waals surface area contributed by atoms with Crippen LogP contribution in [0.25, 0.3) is 0 Å². The van der Waals surface area contributed by atoms with Crippen LogP contribution in [0.5, 0.6) is 0 Å². The molecule has 19 heavy (non-hydrogen) atoms. The molecule has 0 bridgehead atoms. The van der Waals surface area contributed by atoms with E-state index < -0.39 is 0 Å². The minimum Gasteiger partial charge on any atom is -0.347 e. The zero-order chi connectivity index (χ0) is 13.8. The van der Waals surface area contributed by atoms with Gasteiger partial charge in [-0.25, -0.2) is 0 Å². The summed E-state index contributed by atoms with van der Waals surface area (Å²) >= 11 is 0. The van der Waals surface area contributed by atoms with Gasteiger partial charge in [-0.2, -0.15) is 0 Å². The van der Waals surface area contributed by atoms with Crippen LogP contribution in [-0.2, 0) is 9.59 Å². The van der Waals surface area contributed by atoms with E-state index in [0.29, 0.717) is 5.92 Å². The van der Waals surface area contributed by atoms with Crippen molar-refractivity contribution in [3.63, 3.8) is 0 Å². The fourth-order valence-corrected chi connectivity index (χ4v) is 2.98. The molecule has 0 spiro atoms. The number of carbonyl (C=O) groups is 2. The summed E-state index contributed by atoms with van der Waals surface area (Å²) in [4.78, 5) is 25.7. The van der Waals surface area contributed by atoms with Gasteiger partial charge in [-0.1, -0.05) is 6.92 Å². The maximum absolute atomic E-state index is 12.0. The van der Waals surface area contributed by atoms with Gasteiger partial charge in [0.2, 0.25) is 11.8 Å². The predicted octanol–water partition coefficient (Wildman–Crippen LogP) is 0.489. The number of rotatable bonds is 3. The van der Waals surface area contributed by atoms with E-state index in [1.54, 1.807) is 0 Å². The third kappa shape index (κ3) is 3.69. The molecule has 3 atom stereocenters. The zero-order valence-corrected chi connectivity index (χ0v) is 11.7. The molecule has 1 aliphatic carbocycles. The van der Waals surface area contributed by atoms with Crippen LogP contribution in [0.4, 0.5) is 0 Å². The van der Waals surface area contributed by atoms with Gasteiger partial charge in [-0.05, 0) is 38.0 Å². The predicted molar refractivity (Wildman–Crippen MR) is 73.3 cm³/mol.